The summed E-state index contributed by atoms with van der Waals surface area (Å²) in [6.07, 6.45) is -3.14. The lowest BCUT2D eigenvalue weighted by Crippen LogP contribution is -2.51. The van der Waals surface area contributed by atoms with E-state index in [1.165, 1.54) is 20.8 Å². The Morgan fingerprint density at radius 3 is 1.33 bits per heavy atom. The first-order valence-corrected chi connectivity index (χ1v) is 16.4. The van der Waals surface area contributed by atoms with Crippen molar-refractivity contribution in [3.63, 3.8) is 0 Å². The monoisotopic (exact) mass is 624 g/mol. The number of benzene rings is 3. The van der Waals surface area contributed by atoms with Crippen LogP contribution in [0.2, 0.25) is 0 Å². The summed E-state index contributed by atoms with van der Waals surface area (Å²) in [6.45, 7) is 7.70. The SMILES string of the molecule is CCSC(SCC)[C@H](OC(C)=O)[C@@H](OC(C)=O)[C@@H](COC(c1ccccc1)(c1ccccc1)c1ccccc1)OC(C)=O. The molecule has 7 nitrogen and oxygen atoms in total. The van der Waals surface area contributed by atoms with E-state index >= 15 is 0 Å². The van der Waals surface area contributed by atoms with Gasteiger partial charge in [-0.15, -0.1) is 23.5 Å². The molecule has 9 heteroatoms. The van der Waals surface area contributed by atoms with E-state index in [-0.39, 0.29) is 11.2 Å². The van der Waals surface area contributed by atoms with Gasteiger partial charge in [-0.1, -0.05) is 105 Å². The standard InChI is InChI=1S/C34H40O7S2/c1-6-42-33(43-7-2)32(41-26(5)37)31(40-25(4)36)30(39-24(3)35)23-38-34(27-17-11-8-12-18-27,28-19-13-9-14-20-28)29-21-15-10-16-22-29/h8-22,30-33H,6-7,23H2,1-5H3/t30-,31+,32-/m1/s1. The lowest BCUT2D eigenvalue weighted by Gasteiger charge is -2.39. The molecule has 0 radical (unpaired) electrons. The molecule has 0 fully saturated rings. The van der Waals surface area contributed by atoms with Gasteiger partial charge in [0.25, 0.3) is 0 Å². The van der Waals surface area contributed by atoms with Crippen LogP contribution in [0.1, 0.15) is 51.3 Å². The minimum Gasteiger partial charge on any atom is -0.456 e. The molecule has 0 heterocycles. The number of carbonyl (C=O) groups is 3. The summed E-state index contributed by atoms with van der Waals surface area (Å²) < 4.78 is 24.1. The first-order chi connectivity index (χ1) is 20.7. The van der Waals surface area contributed by atoms with Gasteiger partial charge in [0.2, 0.25) is 0 Å². The van der Waals surface area contributed by atoms with Gasteiger partial charge >= 0.3 is 17.9 Å². The molecule has 0 saturated carbocycles. The fourth-order valence-corrected chi connectivity index (χ4v) is 7.63. The van der Waals surface area contributed by atoms with E-state index in [9.17, 15) is 14.4 Å². The van der Waals surface area contributed by atoms with Gasteiger partial charge in [0.05, 0.1) is 11.2 Å². The zero-order chi connectivity index (χ0) is 31.2. The average Bonchev–Trinajstić information content (AvgIpc) is 3.00. The van der Waals surface area contributed by atoms with Gasteiger partial charge in [0.1, 0.15) is 5.60 Å². The summed E-state index contributed by atoms with van der Waals surface area (Å²) in [4.78, 5) is 37.3. The van der Waals surface area contributed by atoms with Gasteiger partial charge in [0.15, 0.2) is 18.3 Å². The van der Waals surface area contributed by atoms with E-state index in [2.05, 4.69) is 0 Å². The van der Waals surface area contributed by atoms with E-state index < -0.39 is 41.8 Å². The Bertz CT molecular complexity index is 1190. The predicted molar refractivity (Wildman–Crippen MR) is 172 cm³/mol. The molecule has 0 aromatic heterocycles. The van der Waals surface area contributed by atoms with Crippen LogP contribution in [0.4, 0.5) is 0 Å². The molecule has 0 saturated heterocycles. The normalized spacial score (nSPS) is 13.5. The second-order valence-corrected chi connectivity index (χ2v) is 12.8. The van der Waals surface area contributed by atoms with Crippen LogP contribution in [0.3, 0.4) is 0 Å². The first kappa shape index (κ1) is 34.2. The number of hydrogen-bond acceptors (Lipinski definition) is 9. The summed E-state index contributed by atoms with van der Waals surface area (Å²) >= 11 is 3.14. The van der Waals surface area contributed by atoms with Crippen LogP contribution in [0.25, 0.3) is 0 Å². The van der Waals surface area contributed by atoms with E-state index in [0.29, 0.717) is 0 Å². The van der Waals surface area contributed by atoms with Crippen molar-refractivity contribution in [2.75, 3.05) is 18.1 Å². The molecule has 0 spiro atoms. The molecule has 230 valence electrons. The number of thioether (sulfide) groups is 2. The Morgan fingerprint density at radius 1 is 0.605 bits per heavy atom. The van der Waals surface area contributed by atoms with Crippen molar-refractivity contribution in [1.29, 1.82) is 0 Å². The molecule has 0 aliphatic heterocycles. The molecule has 0 N–H and O–H groups in total. The number of rotatable bonds is 16. The molecule has 0 aliphatic rings. The molecule has 3 aromatic rings. The van der Waals surface area contributed by atoms with Gasteiger partial charge in [-0.05, 0) is 28.2 Å². The molecule has 3 atom stereocenters. The Morgan fingerprint density at radius 2 is 0.977 bits per heavy atom. The topological polar surface area (TPSA) is 88.1 Å². The Hall–Kier alpha value is -3.27. The molecule has 0 amide bonds. The van der Waals surface area contributed by atoms with Gasteiger partial charge < -0.3 is 18.9 Å². The van der Waals surface area contributed by atoms with Gasteiger partial charge in [-0.25, -0.2) is 0 Å². The first-order valence-electron chi connectivity index (χ1n) is 14.3. The Kier molecular flexibility index (Phi) is 13.6. The smallest absolute Gasteiger partial charge is 0.303 e. The molecular formula is C34H40O7S2. The maximum absolute atomic E-state index is 12.5. The van der Waals surface area contributed by atoms with Crippen LogP contribution in [0.15, 0.2) is 91.0 Å². The molecular weight excluding hydrogens is 585 g/mol. The van der Waals surface area contributed by atoms with Crippen molar-refractivity contribution in [3.8, 4) is 0 Å². The maximum atomic E-state index is 12.5. The van der Waals surface area contributed by atoms with Crippen molar-refractivity contribution in [1.82, 2.24) is 0 Å². The average molecular weight is 625 g/mol. The predicted octanol–water partition coefficient (Wildman–Crippen LogP) is 6.62. The van der Waals surface area contributed by atoms with Gasteiger partial charge in [-0.3, -0.25) is 14.4 Å². The van der Waals surface area contributed by atoms with Crippen LogP contribution >= 0.6 is 23.5 Å². The number of hydrogen-bond donors (Lipinski definition) is 0. The lowest BCUT2D eigenvalue weighted by atomic mass is 9.80. The van der Waals surface area contributed by atoms with Gasteiger partial charge in [-0.2, -0.15) is 0 Å². The second kappa shape index (κ2) is 17.1. The third-order valence-corrected chi connectivity index (χ3v) is 9.22. The Labute approximate surface area is 263 Å². The molecule has 0 bridgehead atoms. The fraction of sp³-hybridized carbons (Fsp3) is 0.382. The molecule has 43 heavy (non-hydrogen) atoms. The van der Waals surface area contributed by atoms with Crippen molar-refractivity contribution in [2.45, 2.75) is 63.1 Å². The van der Waals surface area contributed by atoms with Crippen molar-refractivity contribution in [2.24, 2.45) is 0 Å². The highest BCUT2D eigenvalue weighted by atomic mass is 32.2. The third-order valence-electron chi connectivity index (χ3n) is 6.55. The van der Waals surface area contributed by atoms with Crippen LogP contribution in [0, 0.1) is 0 Å². The second-order valence-electron chi connectivity index (χ2n) is 9.67. The van der Waals surface area contributed by atoms with Crippen molar-refractivity contribution < 1.29 is 33.3 Å². The largest absolute Gasteiger partial charge is 0.456 e. The highest BCUT2D eigenvalue weighted by Crippen LogP contribution is 2.41. The highest BCUT2D eigenvalue weighted by molar-refractivity contribution is 8.17. The maximum Gasteiger partial charge on any atom is 0.303 e. The minimum atomic E-state index is -1.13. The summed E-state index contributed by atoms with van der Waals surface area (Å²) in [7, 11) is 0. The van der Waals surface area contributed by atoms with E-state index in [1.807, 2.05) is 105 Å². The van der Waals surface area contributed by atoms with Crippen LogP contribution in [0.5, 0.6) is 0 Å². The molecule has 3 aromatic carbocycles. The summed E-state index contributed by atoms with van der Waals surface area (Å²) in [5, 5.41) is 0. The van der Waals surface area contributed by atoms with Crippen LogP contribution < -0.4 is 0 Å². The van der Waals surface area contributed by atoms with E-state index in [1.54, 1.807) is 23.5 Å². The zero-order valence-electron chi connectivity index (χ0n) is 25.3. The number of carbonyl (C=O) groups excluding carboxylic acids is 3. The summed E-state index contributed by atoms with van der Waals surface area (Å²) in [5.41, 5.74) is 1.46. The number of ether oxygens (including phenoxy) is 4. The van der Waals surface area contributed by atoms with Crippen molar-refractivity contribution in [3.05, 3.63) is 108 Å². The van der Waals surface area contributed by atoms with E-state index in [0.717, 1.165) is 28.2 Å². The van der Waals surface area contributed by atoms with Gasteiger partial charge in [0, 0.05) is 20.8 Å². The molecule has 0 aliphatic carbocycles. The lowest BCUT2D eigenvalue weighted by molar-refractivity contribution is -0.189. The molecule has 3 rings (SSSR count). The Balaban J connectivity index is 2.18. The van der Waals surface area contributed by atoms with E-state index in [4.69, 9.17) is 18.9 Å². The summed E-state index contributed by atoms with van der Waals surface area (Å²) in [6, 6.07) is 29.3. The van der Waals surface area contributed by atoms with Crippen LogP contribution in [-0.2, 0) is 38.9 Å². The summed E-state index contributed by atoms with van der Waals surface area (Å²) in [5.74, 6) is -0.247. The fourth-order valence-electron chi connectivity index (χ4n) is 4.97. The minimum absolute atomic E-state index is 0.172. The number of esters is 3. The van der Waals surface area contributed by atoms with Crippen LogP contribution in [-0.4, -0.2) is 58.9 Å². The van der Waals surface area contributed by atoms with Crippen molar-refractivity contribution >= 4 is 41.4 Å². The highest BCUT2D eigenvalue weighted by Gasteiger charge is 2.45. The third kappa shape index (κ3) is 9.36. The molecule has 0 unspecified atom stereocenters. The zero-order valence-corrected chi connectivity index (χ0v) is 26.9. The quantitative estimate of drug-likeness (QED) is 0.0755.